The summed E-state index contributed by atoms with van der Waals surface area (Å²) in [6.07, 6.45) is 0. The first-order valence-electron chi connectivity index (χ1n) is 8.03. The number of carboxylic acid groups (broad SMARTS) is 1. The zero-order valence-electron chi connectivity index (χ0n) is 14.2. The molecular weight excluding hydrogens is 328 g/mol. The van der Waals surface area contributed by atoms with Gasteiger partial charge in [-0.05, 0) is 32.0 Å². The summed E-state index contributed by atoms with van der Waals surface area (Å²) in [5, 5.41) is 9.14. The predicted octanol–water partition coefficient (Wildman–Crippen LogP) is 0.748. The van der Waals surface area contributed by atoms with E-state index in [0.717, 1.165) is 0 Å². The minimum Gasteiger partial charge on any atom is -0.478 e. The van der Waals surface area contributed by atoms with Crippen LogP contribution < -0.4 is 9.64 Å². The first-order chi connectivity index (χ1) is 11.8. The van der Waals surface area contributed by atoms with Crippen LogP contribution >= 0.6 is 0 Å². The van der Waals surface area contributed by atoms with E-state index in [0.29, 0.717) is 32.0 Å². The number of anilines is 1. The molecule has 1 aromatic rings. The highest BCUT2D eigenvalue weighted by molar-refractivity contribution is 6.06. The second-order valence-corrected chi connectivity index (χ2v) is 6.48. The van der Waals surface area contributed by atoms with Gasteiger partial charge in [0.05, 0.1) is 24.5 Å². The molecule has 2 aliphatic rings. The number of hydrogen-bond donors (Lipinski definition) is 1. The third-order valence-corrected chi connectivity index (χ3v) is 4.28. The van der Waals surface area contributed by atoms with Gasteiger partial charge in [-0.3, -0.25) is 14.5 Å². The van der Waals surface area contributed by atoms with Crippen LogP contribution in [-0.2, 0) is 14.3 Å². The van der Waals surface area contributed by atoms with Gasteiger partial charge in [-0.25, -0.2) is 4.79 Å². The van der Waals surface area contributed by atoms with Gasteiger partial charge in [-0.15, -0.1) is 0 Å². The molecule has 0 unspecified atom stereocenters. The molecule has 8 nitrogen and oxygen atoms in total. The van der Waals surface area contributed by atoms with Gasteiger partial charge in [0.25, 0.3) is 5.91 Å². The Balaban J connectivity index is 1.91. The summed E-state index contributed by atoms with van der Waals surface area (Å²) in [6, 6.07) is 4.26. The van der Waals surface area contributed by atoms with E-state index in [1.54, 1.807) is 18.7 Å². The fourth-order valence-electron chi connectivity index (χ4n) is 2.91. The van der Waals surface area contributed by atoms with E-state index in [9.17, 15) is 14.4 Å². The van der Waals surface area contributed by atoms with Crippen LogP contribution in [0.15, 0.2) is 18.2 Å². The van der Waals surface area contributed by atoms with Crippen LogP contribution in [0.4, 0.5) is 5.69 Å². The standard InChI is InChI=1S/C17H20N2O6/c1-17(2)16(23)19(10-14(20)18-5-7-24-8-6-18)12-4-3-11(15(21)22)9-13(12)25-17/h3-4,9H,5-8,10H2,1-2H3,(H,21,22). The lowest BCUT2D eigenvalue weighted by Crippen LogP contribution is -2.56. The number of nitrogens with zero attached hydrogens (tertiary/aromatic N) is 2. The van der Waals surface area contributed by atoms with Gasteiger partial charge in [-0.1, -0.05) is 0 Å². The lowest BCUT2D eigenvalue weighted by atomic mass is 10.0. The maximum Gasteiger partial charge on any atom is 0.335 e. The van der Waals surface area contributed by atoms with Gasteiger partial charge in [-0.2, -0.15) is 0 Å². The second kappa shape index (κ2) is 6.36. The molecule has 1 saturated heterocycles. The Labute approximate surface area is 144 Å². The molecule has 0 radical (unpaired) electrons. The number of fused-ring (bicyclic) bond motifs is 1. The molecule has 2 heterocycles. The fraction of sp³-hybridized carbons (Fsp3) is 0.471. The topological polar surface area (TPSA) is 96.4 Å². The summed E-state index contributed by atoms with van der Waals surface area (Å²) in [5.74, 6) is -1.33. The largest absolute Gasteiger partial charge is 0.478 e. The Morgan fingerprint density at radius 3 is 2.56 bits per heavy atom. The van der Waals surface area contributed by atoms with Gasteiger partial charge in [0.1, 0.15) is 12.3 Å². The van der Waals surface area contributed by atoms with Gasteiger partial charge in [0.2, 0.25) is 5.91 Å². The van der Waals surface area contributed by atoms with E-state index in [4.69, 9.17) is 14.6 Å². The number of benzene rings is 1. The van der Waals surface area contributed by atoms with Gasteiger partial charge in [0, 0.05) is 13.1 Å². The molecule has 134 valence electrons. The molecule has 2 aliphatic heterocycles. The monoisotopic (exact) mass is 348 g/mol. The Hall–Kier alpha value is -2.61. The lowest BCUT2D eigenvalue weighted by Gasteiger charge is -2.39. The number of hydrogen-bond acceptors (Lipinski definition) is 5. The minimum absolute atomic E-state index is 0.0587. The van der Waals surface area contributed by atoms with E-state index >= 15 is 0 Å². The molecule has 1 fully saturated rings. The zero-order valence-corrected chi connectivity index (χ0v) is 14.2. The maximum atomic E-state index is 12.7. The fourth-order valence-corrected chi connectivity index (χ4v) is 2.91. The highest BCUT2D eigenvalue weighted by Crippen LogP contribution is 2.38. The number of aromatic carboxylic acids is 1. The van der Waals surface area contributed by atoms with Crippen LogP contribution in [0, 0.1) is 0 Å². The van der Waals surface area contributed by atoms with Crippen molar-refractivity contribution < 1.29 is 29.0 Å². The Kier molecular flexibility index (Phi) is 4.38. The summed E-state index contributed by atoms with van der Waals surface area (Å²) in [4.78, 5) is 39.5. The molecule has 3 rings (SSSR count). The summed E-state index contributed by atoms with van der Waals surface area (Å²) >= 11 is 0. The third kappa shape index (κ3) is 3.30. The predicted molar refractivity (Wildman–Crippen MR) is 87.9 cm³/mol. The van der Waals surface area contributed by atoms with Gasteiger partial charge < -0.3 is 19.5 Å². The molecule has 1 N–H and O–H groups in total. The van der Waals surface area contributed by atoms with Crippen molar-refractivity contribution >= 4 is 23.5 Å². The van der Waals surface area contributed by atoms with E-state index in [-0.39, 0.29) is 29.7 Å². The van der Waals surface area contributed by atoms with Gasteiger partial charge in [0.15, 0.2) is 5.60 Å². The zero-order chi connectivity index (χ0) is 18.2. The Morgan fingerprint density at radius 2 is 1.92 bits per heavy atom. The van der Waals surface area contributed by atoms with Crippen LogP contribution in [0.3, 0.4) is 0 Å². The lowest BCUT2D eigenvalue weighted by molar-refractivity contribution is -0.138. The average molecular weight is 348 g/mol. The minimum atomic E-state index is -1.19. The Bertz CT molecular complexity index is 724. The number of morpholine rings is 1. The third-order valence-electron chi connectivity index (χ3n) is 4.28. The summed E-state index contributed by atoms with van der Waals surface area (Å²) in [7, 11) is 0. The van der Waals surface area contributed by atoms with E-state index < -0.39 is 11.6 Å². The van der Waals surface area contributed by atoms with Crippen LogP contribution in [0.2, 0.25) is 0 Å². The first kappa shape index (κ1) is 17.2. The van der Waals surface area contributed by atoms with Crippen molar-refractivity contribution in [2.75, 3.05) is 37.7 Å². The maximum absolute atomic E-state index is 12.7. The van der Waals surface area contributed by atoms with Crippen molar-refractivity contribution in [2.24, 2.45) is 0 Å². The van der Waals surface area contributed by atoms with Crippen LogP contribution in [0.1, 0.15) is 24.2 Å². The quantitative estimate of drug-likeness (QED) is 0.866. The molecular formula is C17H20N2O6. The van der Waals surface area contributed by atoms with Crippen LogP contribution in [0.5, 0.6) is 5.75 Å². The number of carboxylic acids is 1. The highest BCUT2D eigenvalue weighted by Gasteiger charge is 2.42. The van der Waals surface area contributed by atoms with Crippen molar-refractivity contribution in [1.82, 2.24) is 4.90 Å². The second-order valence-electron chi connectivity index (χ2n) is 6.48. The van der Waals surface area contributed by atoms with Gasteiger partial charge >= 0.3 is 5.97 Å². The molecule has 2 amide bonds. The highest BCUT2D eigenvalue weighted by atomic mass is 16.5. The molecule has 0 aliphatic carbocycles. The normalized spacial score (nSPS) is 19.2. The molecule has 0 atom stereocenters. The molecule has 1 aromatic carbocycles. The number of rotatable bonds is 3. The summed E-state index contributed by atoms with van der Waals surface area (Å²) in [6.45, 7) is 5.01. The number of amides is 2. The average Bonchev–Trinajstić information content (AvgIpc) is 2.58. The van der Waals surface area contributed by atoms with Crippen LogP contribution in [-0.4, -0.2) is 66.2 Å². The molecule has 25 heavy (non-hydrogen) atoms. The van der Waals surface area contributed by atoms with Crippen molar-refractivity contribution in [2.45, 2.75) is 19.4 Å². The van der Waals surface area contributed by atoms with E-state index in [1.165, 1.54) is 23.1 Å². The van der Waals surface area contributed by atoms with E-state index in [2.05, 4.69) is 0 Å². The van der Waals surface area contributed by atoms with E-state index in [1.807, 2.05) is 0 Å². The molecule has 8 heteroatoms. The van der Waals surface area contributed by atoms with Crippen molar-refractivity contribution in [3.05, 3.63) is 23.8 Å². The number of ether oxygens (including phenoxy) is 2. The molecule has 0 aromatic heterocycles. The van der Waals surface area contributed by atoms with Crippen molar-refractivity contribution in [1.29, 1.82) is 0 Å². The molecule has 0 saturated carbocycles. The van der Waals surface area contributed by atoms with Crippen LogP contribution in [0.25, 0.3) is 0 Å². The summed E-state index contributed by atoms with van der Waals surface area (Å²) < 4.78 is 10.9. The number of carbonyl (C=O) groups excluding carboxylic acids is 2. The smallest absolute Gasteiger partial charge is 0.335 e. The SMILES string of the molecule is CC1(C)Oc2cc(C(=O)O)ccc2N(CC(=O)N2CCOCC2)C1=O. The van der Waals surface area contributed by atoms with Crippen molar-refractivity contribution in [3.63, 3.8) is 0 Å². The molecule has 0 bridgehead atoms. The Morgan fingerprint density at radius 1 is 1.24 bits per heavy atom. The first-order valence-corrected chi connectivity index (χ1v) is 8.03. The summed E-state index contributed by atoms with van der Waals surface area (Å²) in [5.41, 5.74) is -0.727. The number of carbonyl (C=O) groups is 3. The molecule has 0 spiro atoms. The van der Waals surface area contributed by atoms with Crippen molar-refractivity contribution in [3.8, 4) is 5.75 Å².